The number of nitrogens with zero attached hydrogens (tertiary/aromatic N) is 1. The minimum Gasteiger partial charge on any atom is -0.366 e. The number of rotatable bonds is 4. The van der Waals surface area contributed by atoms with Crippen molar-refractivity contribution >= 4 is 21.7 Å². The van der Waals surface area contributed by atoms with Gasteiger partial charge >= 0.3 is 0 Å². The molecule has 26 heavy (non-hydrogen) atoms. The Balaban J connectivity index is 1.71. The van der Waals surface area contributed by atoms with Gasteiger partial charge in [-0.15, -0.1) is 0 Å². The van der Waals surface area contributed by atoms with E-state index in [4.69, 9.17) is 4.74 Å². The lowest BCUT2D eigenvalue weighted by molar-refractivity contribution is -0.163. The summed E-state index contributed by atoms with van der Waals surface area (Å²) in [6.45, 7) is 2.07. The van der Waals surface area contributed by atoms with E-state index in [1.54, 1.807) is 11.8 Å². The molecule has 0 bridgehead atoms. The highest BCUT2D eigenvalue weighted by Crippen LogP contribution is 2.20. The maximum atomic E-state index is 12.8. The number of benzene rings is 1. The average molecular weight is 380 g/mol. The average Bonchev–Trinajstić information content (AvgIpc) is 2.61. The zero-order valence-corrected chi connectivity index (χ0v) is 15.6. The van der Waals surface area contributed by atoms with E-state index in [0.717, 1.165) is 5.56 Å². The second-order valence-electron chi connectivity index (χ2n) is 6.90. The van der Waals surface area contributed by atoms with Crippen LogP contribution in [-0.4, -0.2) is 61.4 Å². The first-order valence-corrected chi connectivity index (χ1v) is 10.6. The van der Waals surface area contributed by atoms with Crippen LogP contribution in [0.2, 0.25) is 0 Å². The number of amides is 2. The lowest BCUT2D eigenvalue weighted by atomic mass is 10.0. The Labute approximate surface area is 153 Å². The molecule has 7 nitrogen and oxygen atoms in total. The van der Waals surface area contributed by atoms with Gasteiger partial charge in [0.1, 0.15) is 22.5 Å². The molecule has 1 N–H and O–H groups in total. The van der Waals surface area contributed by atoms with Crippen molar-refractivity contribution < 1.29 is 22.7 Å². The highest BCUT2D eigenvalue weighted by atomic mass is 32.2. The van der Waals surface area contributed by atoms with Gasteiger partial charge in [-0.1, -0.05) is 30.3 Å². The summed E-state index contributed by atoms with van der Waals surface area (Å²) in [5.74, 6) is -0.341. The first kappa shape index (κ1) is 18.8. The Morgan fingerprint density at radius 2 is 1.88 bits per heavy atom. The monoisotopic (exact) mass is 380 g/mol. The van der Waals surface area contributed by atoms with E-state index in [-0.39, 0.29) is 36.0 Å². The lowest BCUT2D eigenvalue weighted by Gasteiger charge is -2.39. The van der Waals surface area contributed by atoms with Gasteiger partial charge in [0.05, 0.1) is 17.6 Å². The molecule has 2 atom stereocenters. The number of nitrogens with one attached hydrogen (secondary N) is 1. The maximum Gasteiger partial charge on any atom is 0.249 e. The van der Waals surface area contributed by atoms with E-state index < -0.39 is 22.0 Å². The standard InChI is InChI=1S/C18H24N2O5S/c1-13-17(18(22)19-15-7-9-26(23,24)10-8-15)20(16(21)12-25-13)11-14-5-3-2-4-6-14/h2-6,13,15,17H,7-12H2,1H3,(H,19,22)/t13-,17+/m1/s1. The third kappa shape index (κ3) is 4.42. The minimum absolute atomic E-state index is 0.0422. The van der Waals surface area contributed by atoms with Crippen molar-refractivity contribution in [3.8, 4) is 0 Å². The summed E-state index contributed by atoms with van der Waals surface area (Å²) >= 11 is 0. The van der Waals surface area contributed by atoms with Gasteiger partial charge in [-0.25, -0.2) is 8.42 Å². The number of sulfone groups is 1. The highest BCUT2D eigenvalue weighted by molar-refractivity contribution is 7.91. The second-order valence-corrected chi connectivity index (χ2v) is 9.21. The van der Waals surface area contributed by atoms with Crippen molar-refractivity contribution in [2.75, 3.05) is 18.1 Å². The van der Waals surface area contributed by atoms with Crippen LogP contribution in [0.25, 0.3) is 0 Å². The Morgan fingerprint density at radius 3 is 2.54 bits per heavy atom. The molecule has 0 aromatic heterocycles. The summed E-state index contributed by atoms with van der Waals surface area (Å²) < 4.78 is 28.6. The molecule has 2 saturated heterocycles. The SMILES string of the molecule is C[C@H]1OCC(=O)N(Cc2ccccc2)[C@@H]1C(=O)NC1CCS(=O)(=O)CC1. The summed E-state index contributed by atoms with van der Waals surface area (Å²) in [5, 5.41) is 2.92. The van der Waals surface area contributed by atoms with Crippen LogP contribution in [0.4, 0.5) is 0 Å². The second kappa shape index (κ2) is 7.75. The van der Waals surface area contributed by atoms with Gasteiger partial charge in [-0.2, -0.15) is 0 Å². The molecule has 2 aliphatic rings. The molecule has 8 heteroatoms. The fourth-order valence-corrected chi connectivity index (χ4v) is 4.92. The summed E-state index contributed by atoms with van der Waals surface area (Å²) in [7, 11) is -2.99. The van der Waals surface area contributed by atoms with Crippen molar-refractivity contribution in [2.45, 2.75) is 44.5 Å². The molecule has 2 amide bonds. The first-order chi connectivity index (χ1) is 12.4. The summed E-state index contributed by atoms with van der Waals surface area (Å²) in [6, 6.07) is 8.59. The van der Waals surface area contributed by atoms with Crippen molar-refractivity contribution in [1.82, 2.24) is 10.2 Å². The van der Waals surface area contributed by atoms with Gasteiger partial charge in [0.2, 0.25) is 11.8 Å². The number of carbonyl (C=O) groups is 2. The van der Waals surface area contributed by atoms with Crippen LogP contribution in [0.15, 0.2) is 30.3 Å². The molecular formula is C18H24N2O5S. The van der Waals surface area contributed by atoms with Gasteiger partial charge in [-0.05, 0) is 25.3 Å². The van der Waals surface area contributed by atoms with Gasteiger partial charge in [0.25, 0.3) is 0 Å². The van der Waals surface area contributed by atoms with Crippen LogP contribution < -0.4 is 5.32 Å². The fraction of sp³-hybridized carbons (Fsp3) is 0.556. The predicted molar refractivity (Wildman–Crippen MR) is 96.0 cm³/mol. The highest BCUT2D eigenvalue weighted by Gasteiger charge is 2.40. The largest absolute Gasteiger partial charge is 0.366 e. The van der Waals surface area contributed by atoms with Crippen molar-refractivity contribution in [2.24, 2.45) is 0 Å². The number of hydrogen-bond donors (Lipinski definition) is 1. The molecule has 1 aromatic carbocycles. The van der Waals surface area contributed by atoms with Gasteiger partial charge in [-0.3, -0.25) is 9.59 Å². The number of hydrogen-bond acceptors (Lipinski definition) is 5. The zero-order valence-electron chi connectivity index (χ0n) is 14.8. The molecule has 0 unspecified atom stereocenters. The molecule has 2 heterocycles. The normalized spacial score (nSPS) is 26.5. The molecule has 142 valence electrons. The van der Waals surface area contributed by atoms with Gasteiger partial charge in [0, 0.05) is 12.6 Å². The van der Waals surface area contributed by atoms with E-state index in [9.17, 15) is 18.0 Å². The molecule has 0 spiro atoms. The van der Waals surface area contributed by atoms with Crippen LogP contribution in [0.3, 0.4) is 0 Å². The zero-order chi connectivity index (χ0) is 18.7. The molecule has 2 fully saturated rings. The molecular weight excluding hydrogens is 356 g/mol. The quantitative estimate of drug-likeness (QED) is 0.821. The maximum absolute atomic E-state index is 12.8. The lowest BCUT2D eigenvalue weighted by Crippen LogP contribution is -2.60. The smallest absolute Gasteiger partial charge is 0.249 e. The Hall–Kier alpha value is -1.93. The summed E-state index contributed by atoms with van der Waals surface area (Å²) in [4.78, 5) is 26.8. The minimum atomic E-state index is -2.99. The number of ether oxygens (including phenoxy) is 1. The summed E-state index contributed by atoms with van der Waals surface area (Å²) in [5.41, 5.74) is 0.941. The molecule has 3 rings (SSSR count). The first-order valence-electron chi connectivity index (χ1n) is 8.81. The van der Waals surface area contributed by atoms with E-state index >= 15 is 0 Å². The number of carbonyl (C=O) groups excluding carboxylic acids is 2. The topological polar surface area (TPSA) is 92.8 Å². The van der Waals surface area contributed by atoms with Gasteiger partial charge < -0.3 is 15.0 Å². The fourth-order valence-electron chi connectivity index (χ4n) is 3.43. The van der Waals surface area contributed by atoms with Crippen molar-refractivity contribution in [1.29, 1.82) is 0 Å². The van der Waals surface area contributed by atoms with E-state index in [1.165, 1.54) is 0 Å². The Morgan fingerprint density at radius 1 is 1.23 bits per heavy atom. The summed E-state index contributed by atoms with van der Waals surface area (Å²) in [6.07, 6.45) is 0.384. The van der Waals surface area contributed by atoms with Crippen molar-refractivity contribution in [3.05, 3.63) is 35.9 Å². The van der Waals surface area contributed by atoms with Crippen LogP contribution in [0.1, 0.15) is 25.3 Å². The van der Waals surface area contributed by atoms with Crippen LogP contribution in [-0.2, 0) is 30.7 Å². The third-order valence-corrected chi connectivity index (χ3v) is 6.65. The molecule has 0 saturated carbocycles. The molecule has 2 aliphatic heterocycles. The Kier molecular flexibility index (Phi) is 5.62. The van der Waals surface area contributed by atoms with Crippen LogP contribution in [0.5, 0.6) is 0 Å². The van der Waals surface area contributed by atoms with E-state index in [0.29, 0.717) is 19.4 Å². The third-order valence-electron chi connectivity index (χ3n) is 4.94. The number of morpholine rings is 1. The molecule has 1 aromatic rings. The van der Waals surface area contributed by atoms with Crippen LogP contribution >= 0.6 is 0 Å². The Bertz CT molecular complexity index is 751. The predicted octanol–water partition coefficient (Wildman–Crippen LogP) is 0.496. The van der Waals surface area contributed by atoms with E-state index in [2.05, 4.69) is 5.32 Å². The van der Waals surface area contributed by atoms with Crippen LogP contribution in [0, 0.1) is 0 Å². The molecule has 0 radical (unpaired) electrons. The molecule has 0 aliphatic carbocycles. The van der Waals surface area contributed by atoms with Crippen molar-refractivity contribution in [3.63, 3.8) is 0 Å². The van der Waals surface area contributed by atoms with Gasteiger partial charge in [0.15, 0.2) is 0 Å². The van der Waals surface area contributed by atoms with E-state index in [1.807, 2.05) is 30.3 Å².